The topological polar surface area (TPSA) is 60.2 Å². The van der Waals surface area contributed by atoms with Crippen LogP contribution in [0, 0.1) is 0 Å². The molecule has 0 unspecified atom stereocenters. The van der Waals surface area contributed by atoms with Gasteiger partial charge in [0.2, 0.25) is 5.91 Å². The highest BCUT2D eigenvalue weighted by Gasteiger charge is 2.27. The summed E-state index contributed by atoms with van der Waals surface area (Å²) in [6.45, 7) is 2.57. The number of nitrogens with zero attached hydrogens (tertiary/aromatic N) is 4. The number of hydrogen-bond acceptors (Lipinski definition) is 5. The smallest absolute Gasteiger partial charge is 0.240 e. The molecule has 1 amide bonds. The monoisotopic (exact) mass is 472 g/mol. The summed E-state index contributed by atoms with van der Waals surface area (Å²) < 4.78 is 7.65. The summed E-state index contributed by atoms with van der Waals surface area (Å²) in [5.74, 6) is 1.62. The standard InChI is InChI=1S/C27H28N4O2S/c1-4-33-23-17-15-22(16-18-23)31-24(19-20-11-7-5-8-12-20)28-29-27(31)34-25(26(32)30(2)3)21-13-9-6-10-14-21/h5-18,25H,4,19H2,1-3H3/t25-/m0/s1. The van der Waals surface area contributed by atoms with E-state index in [1.54, 1.807) is 19.0 Å². The molecule has 0 spiro atoms. The molecule has 0 N–H and O–H groups in total. The maximum absolute atomic E-state index is 13.1. The summed E-state index contributed by atoms with van der Waals surface area (Å²) in [6, 6.07) is 27.9. The Morgan fingerprint density at radius 1 is 0.941 bits per heavy atom. The Morgan fingerprint density at radius 3 is 2.21 bits per heavy atom. The van der Waals surface area contributed by atoms with Gasteiger partial charge in [-0.3, -0.25) is 9.36 Å². The van der Waals surface area contributed by atoms with E-state index in [9.17, 15) is 4.79 Å². The highest BCUT2D eigenvalue weighted by atomic mass is 32.2. The summed E-state index contributed by atoms with van der Waals surface area (Å²) in [7, 11) is 3.55. The van der Waals surface area contributed by atoms with Crippen molar-refractivity contribution in [3.05, 3.63) is 102 Å². The fraction of sp³-hybridized carbons (Fsp3) is 0.222. The predicted molar refractivity (Wildman–Crippen MR) is 136 cm³/mol. The van der Waals surface area contributed by atoms with Crippen LogP contribution in [0.15, 0.2) is 90.1 Å². The van der Waals surface area contributed by atoms with Crippen LogP contribution in [0.1, 0.15) is 29.1 Å². The Bertz CT molecular complexity index is 1210. The third-order valence-corrected chi connectivity index (χ3v) is 6.49. The molecule has 7 heteroatoms. The van der Waals surface area contributed by atoms with Crippen LogP contribution < -0.4 is 4.74 Å². The van der Waals surface area contributed by atoms with E-state index >= 15 is 0 Å². The number of rotatable bonds is 9. The van der Waals surface area contributed by atoms with Crippen molar-refractivity contribution in [3.8, 4) is 11.4 Å². The van der Waals surface area contributed by atoms with Gasteiger partial charge in [-0.05, 0) is 42.3 Å². The van der Waals surface area contributed by atoms with Crippen LogP contribution >= 0.6 is 11.8 Å². The first-order valence-electron chi connectivity index (χ1n) is 11.2. The first-order chi connectivity index (χ1) is 16.6. The molecule has 0 saturated carbocycles. The molecule has 1 aromatic heterocycles. The van der Waals surface area contributed by atoms with Crippen molar-refractivity contribution in [1.29, 1.82) is 0 Å². The van der Waals surface area contributed by atoms with Crippen LogP contribution in [0.3, 0.4) is 0 Å². The Balaban J connectivity index is 1.75. The molecule has 174 valence electrons. The van der Waals surface area contributed by atoms with Crippen LogP contribution in [0.5, 0.6) is 5.75 Å². The molecule has 4 aromatic rings. The molecule has 0 saturated heterocycles. The first-order valence-corrected chi connectivity index (χ1v) is 12.1. The Kier molecular flexibility index (Phi) is 7.65. The van der Waals surface area contributed by atoms with Crippen molar-refractivity contribution < 1.29 is 9.53 Å². The first kappa shape index (κ1) is 23.6. The molecule has 0 fully saturated rings. The van der Waals surface area contributed by atoms with Gasteiger partial charge in [0.1, 0.15) is 16.8 Å². The average Bonchev–Trinajstić information content (AvgIpc) is 3.25. The highest BCUT2D eigenvalue weighted by Crippen LogP contribution is 2.37. The maximum atomic E-state index is 13.1. The van der Waals surface area contributed by atoms with Crippen LogP contribution in [0.25, 0.3) is 5.69 Å². The molecule has 6 nitrogen and oxygen atoms in total. The van der Waals surface area contributed by atoms with Gasteiger partial charge >= 0.3 is 0 Å². The van der Waals surface area contributed by atoms with E-state index in [1.807, 2.05) is 84.3 Å². The van der Waals surface area contributed by atoms with E-state index in [4.69, 9.17) is 4.74 Å². The molecule has 34 heavy (non-hydrogen) atoms. The number of amides is 1. The van der Waals surface area contributed by atoms with Crippen molar-refractivity contribution in [2.45, 2.75) is 23.8 Å². The molecule has 1 atom stereocenters. The van der Waals surface area contributed by atoms with Gasteiger partial charge in [-0.15, -0.1) is 10.2 Å². The molecule has 3 aromatic carbocycles. The summed E-state index contributed by atoms with van der Waals surface area (Å²) in [5.41, 5.74) is 2.99. The normalized spacial score (nSPS) is 11.7. The maximum Gasteiger partial charge on any atom is 0.240 e. The van der Waals surface area contributed by atoms with Crippen molar-refractivity contribution in [3.63, 3.8) is 0 Å². The fourth-order valence-electron chi connectivity index (χ4n) is 3.62. The zero-order chi connectivity index (χ0) is 23.9. The number of likely N-dealkylation sites (N-methyl/N-ethyl adjacent to an activating group) is 1. The summed E-state index contributed by atoms with van der Waals surface area (Å²) in [6.07, 6.45) is 0.624. The zero-order valence-corrected chi connectivity index (χ0v) is 20.4. The SMILES string of the molecule is CCOc1ccc(-n2c(Cc3ccccc3)nnc2S[C@H](C(=O)N(C)C)c2ccccc2)cc1. The van der Waals surface area contributed by atoms with Gasteiger partial charge in [-0.1, -0.05) is 72.4 Å². The molecule has 0 bridgehead atoms. The second-order valence-corrected chi connectivity index (χ2v) is 9.04. The molecule has 0 aliphatic rings. The van der Waals surface area contributed by atoms with Crippen molar-refractivity contribution in [2.75, 3.05) is 20.7 Å². The Hall–Kier alpha value is -3.58. The lowest BCUT2D eigenvalue weighted by Gasteiger charge is -2.20. The Morgan fingerprint density at radius 2 is 1.59 bits per heavy atom. The Labute approximate surface area is 204 Å². The summed E-state index contributed by atoms with van der Waals surface area (Å²) >= 11 is 1.41. The van der Waals surface area contributed by atoms with Crippen LogP contribution in [-0.2, 0) is 11.2 Å². The van der Waals surface area contributed by atoms with Gasteiger partial charge in [-0.25, -0.2) is 0 Å². The lowest BCUT2D eigenvalue weighted by molar-refractivity contribution is -0.128. The van der Waals surface area contributed by atoms with E-state index in [2.05, 4.69) is 22.3 Å². The second-order valence-electron chi connectivity index (χ2n) is 7.96. The number of benzene rings is 3. The minimum absolute atomic E-state index is 0.00190. The number of ether oxygens (including phenoxy) is 1. The molecule has 0 aliphatic heterocycles. The van der Waals surface area contributed by atoms with Crippen LogP contribution in [-0.4, -0.2) is 46.3 Å². The molecule has 4 rings (SSSR count). The molecular formula is C27H28N4O2S. The lowest BCUT2D eigenvalue weighted by atomic mass is 10.1. The van der Waals surface area contributed by atoms with E-state index in [1.165, 1.54) is 11.8 Å². The molecular weight excluding hydrogens is 444 g/mol. The second kappa shape index (κ2) is 11.0. The van der Waals surface area contributed by atoms with Crippen molar-refractivity contribution in [1.82, 2.24) is 19.7 Å². The summed E-state index contributed by atoms with van der Waals surface area (Å²) in [4.78, 5) is 14.8. The number of hydrogen-bond donors (Lipinski definition) is 0. The van der Waals surface area contributed by atoms with Crippen LogP contribution in [0.4, 0.5) is 0 Å². The van der Waals surface area contributed by atoms with E-state index in [0.29, 0.717) is 18.2 Å². The third-order valence-electron chi connectivity index (χ3n) is 5.30. The van der Waals surface area contributed by atoms with Gasteiger partial charge in [-0.2, -0.15) is 0 Å². The van der Waals surface area contributed by atoms with Crippen molar-refractivity contribution >= 4 is 17.7 Å². The minimum atomic E-state index is -0.438. The number of thioether (sulfide) groups is 1. The van der Waals surface area contributed by atoms with Gasteiger partial charge in [0.15, 0.2) is 5.16 Å². The number of aromatic nitrogens is 3. The van der Waals surface area contributed by atoms with Gasteiger partial charge in [0, 0.05) is 26.2 Å². The average molecular weight is 473 g/mol. The quantitative estimate of drug-likeness (QED) is 0.314. The highest BCUT2D eigenvalue weighted by molar-refractivity contribution is 8.00. The third kappa shape index (κ3) is 5.48. The predicted octanol–water partition coefficient (Wildman–Crippen LogP) is 5.18. The molecule has 1 heterocycles. The largest absolute Gasteiger partial charge is 0.494 e. The number of carbonyl (C=O) groups excluding carboxylic acids is 1. The van der Waals surface area contributed by atoms with Gasteiger partial charge in [0.05, 0.1) is 6.61 Å². The molecule has 0 radical (unpaired) electrons. The van der Waals surface area contributed by atoms with E-state index in [-0.39, 0.29) is 5.91 Å². The van der Waals surface area contributed by atoms with Crippen LogP contribution in [0.2, 0.25) is 0 Å². The van der Waals surface area contributed by atoms with Crippen molar-refractivity contribution in [2.24, 2.45) is 0 Å². The number of carbonyl (C=O) groups is 1. The van der Waals surface area contributed by atoms with Gasteiger partial charge in [0.25, 0.3) is 0 Å². The zero-order valence-electron chi connectivity index (χ0n) is 19.6. The molecule has 0 aliphatic carbocycles. The lowest BCUT2D eigenvalue weighted by Crippen LogP contribution is -2.27. The fourth-order valence-corrected chi connectivity index (χ4v) is 4.84. The summed E-state index contributed by atoms with van der Waals surface area (Å²) in [5, 5.41) is 9.29. The van der Waals surface area contributed by atoms with E-state index < -0.39 is 5.25 Å². The van der Waals surface area contributed by atoms with E-state index in [0.717, 1.165) is 28.4 Å². The van der Waals surface area contributed by atoms with Gasteiger partial charge < -0.3 is 9.64 Å². The minimum Gasteiger partial charge on any atom is -0.494 e.